The van der Waals surface area contributed by atoms with Crippen molar-refractivity contribution in [1.29, 1.82) is 0 Å². The number of ether oxygens (including phenoxy) is 1. The number of rotatable bonds is 5. The van der Waals surface area contributed by atoms with Crippen molar-refractivity contribution in [1.82, 2.24) is 5.32 Å². The smallest absolute Gasteiger partial charge is 0.252 e. The third-order valence-electron chi connectivity index (χ3n) is 2.01. The SMILES string of the molecule is COCC(Cl)CNC(=O)c1ccc(Cl)cc1Br. The summed E-state index contributed by atoms with van der Waals surface area (Å²) in [7, 11) is 1.56. The topological polar surface area (TPSA) is 38.3 Å². The van der Waals surface area contributed by atoms with Crippen LogP contribution in [0.25, 0.3) is 0 Å². The van der Waals surface area contributed by atoms with Crippen LogP contribution in [0.2, 0.25) is 5.02 Å². The summed E-state index contributed by atoms with van der Waals surface area (Å²) in [6.45, 7) is 0.743. The largest absolute Gasteiger partial charge is 0.383 e. The van der Waals surface area contributed by atoms with Gasteiger partial charge in [0.05, 0.1) is 17.5 Å². The van der Waals surface area contributed by atoms with Crippen molar-refractivity contribution in [3.05, 3.63) is 33.3 Å². The minimum atomic E-state index is -0.241. The van der Waals surface area contributed by atoms with Gasteiger partial charge >= 0.3 is 0 Å². The van der Waals surface area contributed by atoms with E-state index in [1.54, 1.807) is 25.3 Å². The van der Waals surface area contributed by atoms with E-state index in [9.17, 15) is 4.79 Å². The van der Waals surface area contributed by atoms with E-state index in [1.807, 2.05) is 0 Å². The lowest BCUT2D eigenvalue weighted by atomic mass is 10.2. The predicted molar refractivity (Wildman–Crippen MR) is 73.0 cm³/mol. The van der Waals surface area contributed by atoms with Gasteiger partial charge in [0.15, 0.2) is 0 Å². The molecule has 0 saturated carbocycles. The van der Waals surface area contributed by atoms with E-state index < -0.39 is 0 Å². The van der Waals surface area contributed by atoms with Gasteiger partial charge in [-0.2, -0.15) is 0 Å². The van der Waals surface area contributed by atoms with Crippen molar-refractivity contribution in [2.24, 2.45) is 0 Å². The van der Waals surface area contributed by atoms with Gasteiger partial charge in [0.25, 0.3) is 5.91 Å². The molecule has 1 amide bonds. The fraction of sp³-hybridized carbons (Fsp3) is 0.364. The molecule has 0 bridgehead atoms. The lowest BCUT2D eigenvalue weighted by Crippen LogP contribution is -2.31. The number of nitrogens with one attached hydrogen (secondary N) is 1. The summed E-state index contributed by atoms with van der Waals surface area (Å²) in [4.78, 5) is 11.8. The Morgan fingerprint density at radius 1 is 1.59 bits per heavy atom. The highest BCUT2D eigenvalue weighted by Gasteiger charge is 2.12. The summed E-state index contributed by atoms with van der Waals surface area (Å²) in [5.74, 6) is -0.199. The Balaban J connectivity index is 2.58. The lowest BCUT2D eigenvalue weighted by molar-refractivity contribution is 0.0948. The number of amides is 1. The van der Waals surface area contributed by atoms with Gasteiger partial charge in [-0.25, -0.2) is 0 Å². The summed E-state index contributed by atoms with van der Waals surface area (Å²) < 4.78 is 5.52. The van der Waals surface area contributed by atoms with Crippen LogP contribution in [0, 0.1) is 0 Å². The van der Waals surface area contributed by atoms with Crippen LogP contribution < -0.4 is 5.32 Å². The molecule has 0 heterocycles. The van der Waals surface area contributed by atoms with Gasteiger partial charge in [-0.05, 0) is 34.1 Å². The van der Waals surface area contributed by atoms with Crippen molar-refractivity contribution in [2.75, 3.05) is 20.3 Å². The van der Waals surface area contributed by atoms with Crippen molar-refractivity contribution in [3.8, 4) is 0 Å². The van der Waals surface area contributed by atoms with Crippen molar-refractivity contribution >= 4 is 45.0 Å². The minimum Gasteiger partial charge on any atom is -0.383 e. The molecule has 0 saturated heterocycles. The highest BCUT2D eigenvalue weighted by Crippen LogP contribution is 2.21. The Hall–Kier alpha value is -0.290. The van der Waals surface area contributed by atoms with Gasteiger partial charge in [-0.3, -0.25) is 4.79 Å². The third kappa shape index (κ3) is 4.84. The van der Waals surface area contributed by atoms with E-state index in [-0.39, 0.29) is 11.3 Å². The second-order valence-electron chi connectivity index (χ2n) is 3.39. The fourth-order valence-corrected chi connectivity index (χ4v) is 2.28. The molecule has 94 valence electrons. The third-order valence-corrected chi connectivity index (χ3v) is 3.18. The minimum absolute atomic E-state index is 0.199. The molecule has 3 nitrogen and oxygen atoms in total. The van der Waals surface area contributed by atoms with E-state index in [0.29, 0.717) is 28.2 Å². The first-order chi connectivity index (χ1) is 8.04. The van der Waals surface area contributed by atoms with Crippen LogP contribution in [-0.2, 0) is 4.74 Å². The Kier molecular flexibility index (Phi) is 6.27. The predicted octanol–water partition coefficient (Wildman–Crippen LogP) is 3.09. The molecule has 1 atom stereocenters. The Labute approximate surface area is 119 Å². The van der Waals surface area contributed by atoms with Crippen LogP contribution >= 0.6 is 39.1 Å². The lowest BCUT2D eigenvalue weighted by Gasteiger charge is -2.10. The van der Waals surface area contributed by atoms with E-state index in [4.69, 9.17) is 27.9 Å². The molecule has 0 aliphatic rings. The normalized spacial score (nSPS) is 12.2. The summed E-state index contributed by atoms with van der Waals surface area (Å²) in [5, 5.41) is 3.05. The zero-order chi connectivity index (χ0) is 12.8. The monoisotopic (exact) mass is 339 g/mol. The van der Waals surface area contributed by atoms with Gasteiger partial charge in [0.1, 0.15) is 0 Å². The van der Waals surface area contributed by atoms with Crippen LogP contribution in [0.4, 0.5) is 0 Å². The molecule has 1 unspecified atom stereocenters. The summed E-state index contributed by atoms with van der Waals surface area (Å²) >= 11 is 15.0. The van der Waals surface area contributed by atoms with Crippen molar-refractivity contribution < 1.29 is 9.53 Å². The van der Waals surface area contributed by atoms with Crippen LogP contribution in [0.15, 0.2) is 22.7 Å². The second kappa shape index (κ2) is 7.21. The Bertz CT molecular complexity index is 401. The van der Waals surface area contributed by atoms with Gasteiger partial charge in [-0.15, -0.1) is 11.6 Å². The van der Waals surface area contributed by atoms with Crippen LogP contribution in [0.5, 0.6) is 0 Å². The molecule has 0 aliphatic carbocycles. The van der Waals surface area contributed by atoms with Crippen molar-refractivity contribution in [3.63, 3.8) is 0 Å². The number of benzene rings is 1. The number of carbonyl (C=O) groups excluding carboxylic acids is 1. The van der Waals surface area contributed by atoms with Gasteiger partial charge in [0.2, 0.25) is 0 Å². The maximum atomic E-state index is 11.8. The van der Waals surface area contributed by atoms with Crippen LogP contribution in [0.1, 0.15) is 10.4 Å². The molecule has 0 spiro atoms. The molecule has 1 aromatic rings. The van der Waals surface area contributed by atoms with Crippen LogP contribution in [-0.4, -0.2) is 31.5 Å². The molecule has 0 fully saturated rings. The number of methoxy groups -OCH3 is 1. The molecule has 0 aromatic heterocycles. The molecule has 1 rings (SSSR count). The second-order valence-corrected chi connectivity index (χ2v) is 5.29. The first kappa shape index (κ1) is 14.8. The number of alkyl halides is 1. The quantitative estimate of drug-likeness (QED) is 0.836. The summed E-state index contributed by atoms with van der Waals surface area (Å²) in [5.41, 5.74) is 0.524. The van der Waals surface area contributed by atoms with Gasteiger partial charge in [0, 0.05) is 23.1 Å². The van der Waals surface area contributed by atoms with Gasteiger partial charge in [-0.1, -0.05) is 11.6 Å². The number of carbonyl (C=O) groups is 1. The van der Waals surface area contributed by atoms with Crippen LogP contribution in [0.3, 0.4) is 0 Å². The molecule has 1 aromatic carbocycles. The molecule has 0 radical (unpaired) electrons. The van der Waals surface area contributed by atoms with E-state index in [1.165, 1.54) is 0 Å². The first-order valence-electron chi connectivity index (χ1n) is 4.91. The highest BCUT2D eigenvalue weighted by atomic mass is 79.9. The number of hydrogen-bond acceptors (Lipinski definition) is 2. The zero-order valence-corrected chi connectivity index (χ0v) is 12.3. The van der Waals surface area contributed by atoms with E-state index >= 15 is 0 Å². The summed E-state index contributed by atoms with van der Waals surface area (Å²) in [6.07, 6.45) is 0. The van der Waals surface area contributed by atoms with Crippen molar-refractivity contribution in [2.45, 2.75) is 5.38 Å². The number of hydrogen-bond donors (Lipinski definition) is 1. The Morgan fingerprint density at radius 3 is 2.88 bits per heavy atom. The van der Waals surface area contributed by atoms with E-state index in [0.717, 1.165) is 0 Å². The highest BCUT2D eigenvalue weighted by molar-refractivity contribution is 9.10. The Morgan fingerprint density at radius 2 is 2.29 bits per heavy atom. The average Bonchev–Trinajstić information content (AvgIpc) is 2.26. The maximum Gasteiger partial charge on any atom is 0.252 e. The molecule has 0 aliphatic heterocycles. The molecular formula is C11H12BrCl2NO2. The standard InChI is InChI=1S/C11H12BrCl2NO2/c1-17-6-8(14)5-15-11(16)9-3-2-7(13)4-10(9)12/h2-4,8H,5-6H2,1H3,(H,15,16). The van der Waals surface area contributed by atoms with Gasteiger partial charge < -0.3 is 10.1 Å². The number of halogens is 3. The molecule has 17 heavy (non-hydrogen) atoms. The maximum absolute atomic E-state index is 11.8. The average molecular weight is 341 g/mol. The molecular weight excluding hydrogens is 329 g/mol. The van der Waals surface area contributed by atoms with E-state index in [2.05, 4.69) is 21.2 Å². The fourth-order valence-electron chi connectivity index (χ4n) is 1.21. The molecule has 1 N–H and O–H groups in total. The molecule has 6 heteroatoms. The first-order valence-corrected chi connectivity index (χ1v) is 6.51. The summed E-state index contributed by atoms with van der Waals surface area (Å²) in [6, 6.07) is 4.99. The zero-order valence-electron chi connectivity index (χ0n) is 9.17.